The molecule has 1 aliphatic heterocycles. The van der Waals surface area contributed by atoms with E-state index in [9.17, 15) is 21.6 Å². The van der Waals surface area contributed by atoms with Crippen LogP contribution in [0.15, 0.2) is 41.3 Å². The quantitative estimate of drug-likeness (QED) is 0.761. The molecule has 0 aromatic heterocycles. The average molecular weight is 384 g/mol. The number of benzene rings is 2. The number of nitrogens with zero attached hydrogens (tertiary/aromatic N) is 2. The molecule has 1 saturated heterocycles. The summed E-state index contributed by atoms with van der Waals surface area (Å²) in [6, 6.07) is 8.75. The highest BCUT2D eigenvalue weighted by atomic mass is 32.2. The number of hydrogen-bond donors (Lipinski definition) is 0. The predicted molar refractivity (Wildman–Crippen MR) is 93.1 cm³/mol. The molecule has 3 rings (SSSR count). The monoisotopic (exact) mass is 384 g/mol. The van der Waals surface area contributed by atoms with E-state index in [1.807, 2.05) is 6.92 Å². The van der Waals surface area contributed by atoms with Gasteiger partial charge in [-0.15, -0.1) is 0 Å². The van der Waals surface area contributed by atoms with Crippen LogP contribution in [0.25, 0.3) is 0 Å². The molecule has 26 heavy (non-hydrogen) atoms. The van der Waals surface area contributed by atoms with Crippen molar-refractivity contribution in [2.45, 2.75) is 18.2 Å². The molecule has 2 aromatic rings. The summed E-state index contributed by atoms with van der Waals surface area (Å²) in [6.07, 6.45) is 0.818. The first-order chi connectivity index (χ1) is 12.3. The van der Waals surface area contributed by atoms with Crippen LogP contribution in [-0.4, -0.2) is 38.9 Å². The summed E-state index contributed by atoms with van der Waals surface area (Å²) in [5.41, 5.74) is 0.982. The summed E-state index contributed by atoms with van der Waals surface area (Å²) in [5.74, 6) is -4.02. The Morgan fingerprint density at radius 1 is 0.885 bits per heavy atom. The van der Waals surface area contributed by atoms with Gasteiger partial charge in [-0.1, -0.05) is 19.1 Å². The molecule has 0 saturated carbocycles. The Morgan fingerprint density at radius 2 is 1.50 bits per heavy atom. The fraction of sp³-hybridized carbons (Fsp3) is 0.333. The van der Waals surface area contributed by atoms with Gasteiger partial charge in [-0.2, -0.15) is 4.31 Å². The minimum Gasteiger partial charge on any atom is -0.366 e. The molecular formula is C18H19F3N2O2S. The number of piperazine rings is 1. The maximum atomic E-state index is 13.9. The molecule has 0 atom stereocenters. The third-order valence-electron chi connectivity index (χ3n) is 4.56. The number of hydrogen-bond acceptors (Lipinski definition) is 3. The fourth-order valence-corrected chi connectivity index (χ4v) is 4.40. The van der Waals surface area contributed by atoms with Gasteiger partial charge in [-0.05, 0) is 36.2 Å². The van der Waals surface area contributed by atoms with Gasteiger partial charge in [0.25, 0.3) is 0 Å². The summed E-state index contributed by atoms with van der Waals surface area (Å²) in [4.78, 5) is 1.73. The van der Waals surface area contributed by atoms with Gasteiger partial charge >= 0.3 is 0 Å². The molecule has 1 aliphatic rings. The summed E-state index contributed by atoms with van der Waals surface area (Å²) in [7, 11) is -3.64. The summed E-state index contributed by atoms with van der Waals surface area (Å²) >= 11 is 0. The topological polar surface area (TPSA) is 40.6 Å². The van der Waals surface area contributed by atoms with Crippen LogP contribution >= 0.6 is 0 Å². The Hall–Kier alpha value is -2.06. The molecule has 0 amide bonds. The van der Waals surface area contributed by atoms with Crippen molar-refractivity contribution in [3.8, 4) is 0 Å². The molecule has 1 fully saturated rings. The predicted octanol–water partition coefficient (Wildman–Crippen LogP) is 3.18. The Kier molecular flexibility index (Phi) is 5.24. The lowest BCUT2D eigenvalue weighted by atomic mass is 10.2. The number of sulfonamides is 1. The van der Waals surface area contributed by atoms with Crippen molar-refractivity contribution in [1.82, 2.24) is 4.31 Å². The summed E-state index contributed by atoms with van der Waals surface area (Å²) < 4.78 is 67.2. The summed E-state index contributed by atoms with van der Waals surface area (Å²) in [6.45, 7) is 2.63. The van der Waals surface area contributed by atoms with Crippen LogP contribution < -0.4 is 4.90 Å². The van der Waals surface area contributed by atoms with Crippen LogP contribution in [-0.2, 0) is 16.4 Å². The standard InChI is InChI=1S/C18H19F3N2O2S/c1-2-13-3-5-14(6-4-13)26(24,25)23-11-9-22(10-12-23)16-8-7-15(19)17(20)18(16)21/h3-8H,2,9-12H2,1H3. The molecule has 2 aromatic carbocycles. The first-order valence-electron chi connectivity index (χ1n) is 8.32. The highest BCUT2D eigenvalue weighted by Gasteiger charge is 2.30. The van der Waals surface area contributed by atoms with Gasteiger partial charge in [0.2, 0.25) is 10.0 Å². The van der Waals surface area contributed by atoms with Crippen molar-refractivity contribution in [3.63, 3.8) is 0 Å². The smallest absolute Gasteiger partial charge is 0.243 e. The van der Waals surface area contributed by atoms with Crippen LogP contribution in [0.2, 0.25) is 0 Å². The Balaban J connectivity index is 1.74. The maximum Gasteiger partial charge on any atom is 0.243 e. The van der Waals surface area contributed by atoms with Gasteiger partial charge in [0, 0.05) is 26.2 Å². The average Bonchev–Trinajstić information content (AvgIpc) is 2.66. The van der Waals surface area contributed by atoms with Crippen molar-refractivity contribution < 1.29 is 21.6 Å². The molecule has 0 radical (unpaired) electrons. The van der Waals surface area contributed by atoms with Gasteiger partial charge in [-0.3, -0.25) is 0 Å². The highest BCUT2D eigenvalue weighted by Crippen LogP contribution is 2.26. The van der Waals surface area contributed by atoms with Crippen molar-refractivity contribution in [3.05, 3.63) is 59.4 Å². The minimum atomic E-state index is -3.64. The van der Waals surface area contributed by atoms with Crippen LogP contribution in [0, 0.1) is 17.5 Å². The molecule has 0 N–H and O–H groups in total. The molecule has 0 bridgehead atoms. The largest absolute Gasteiger partial charge is 0.366 e. The lowest BCUT2D eigenvalue weighted by Crippen LogP contribution is -2.49. The maximum absolute atomic E-state index is 13.9. The van der Waals surface area contributed by atoms with Gasteiger partial charge in [0.05, 0.1) is 10.6 Å². The Morgan fingerprint density at radius 3 is 2.08 bits per heavy atom. The van der Waals surface area contributed by atoms with E-state index in [0.717, 1.165) is 18.1 Å². The number of halogens is 3. The minimum absolute atomic E-state index is 0.0618. The second-order valence-electron chi connectivity index (χ2n) is 6.08. The van der Waals surface area contributed by atoms with Crippen LogP contribution in [0.1, 0.15) is 12.5 Å². The van der Waals surface area contributed by atoms with Gasteiger partial charge in [-0.25, -0.2) is 21.6 Å². The van der Waals surface area contributed by atoms with E-state index in [1.54, 1.807) is 24.3 Å². The van der Waals surface area contributed by atoms with E-state index in [1.165, 1.54) is 15.3 Å². The Bertz CT molecular complexity index is 893. The van der Waals surface area contributed by atoms with Crippen molar-refractivity contribution in [1.29, 1.82) is 0 Å². The lowest BCUT2D eigenvalue weighted by Gasteiger charge is -2.35. The van der Waals surface area contributed by atoms with Crippen molar-refractivity contribution in [2.24, 2.45) is 0 Å². The molecular weight excluding hydrogens is 365 g/mol. The van der Waals surface area contributed by atoms with E-state index in [0.29, 0.717) is 0 Å². The molecule has 0 unspecified atom stereocenters. The molecule has 1 heterocycles. The molecule has 4 nitrogen and oxygen atoms in total. The zero-order valence-corrected chi connectivity index (χ0v) is 15.1. The zero-order chi connectivity index (χ0) is 18.9. The van der Waals surface area contributed by atoms with E-state index in [2.05, 4.69) is 0 Å². The molecule has 0 aliphatic carbocycles. The van der Waals surface area contributed by atoms with Crippen LogP contribution in [0.3, 0.4) is 0 Å². The van der Waals surface area contributed by atoms with E-state index in [4.69, 9.17) is 0 Å². The third-order valence-corrected chi connectivity index (χ3v) is 6.48. The lowest BCUT2D eigenvalue weighted by molar-refractivity contribution is 0.380. The first-order valence-corrected chi connectivity index (χ1v) is 9.76. The van der Waals surface area contributed by atoms with Gasteiger partial charge in [0.15, 0.2) is 17.5 Å². The third kappa shape index (κ3) is 3.43. The van der Waals surface area contributed by atoms with Crippen LogP contribution in [0.4, 0.5) is 18.9 Å². The van der Waals surface area contributed by atoms with E-state index >= 15 is 0 Å². The second kappa shape index (κ2) is 7.28. The molecule has 140 valence electrons. The molecule has 0 spiro atoms. The highest BCUT2D eigenvalue weighted by molar-refractivity contribution is 7.89. The number of aryl methyl sites for hydroxylation is 1. The van der Waals surface area contributed by atoms with Crippen molar-refractivity contribution >= 4 is 15.7 Å². The van der Waals surface area contributed by atoms with Gasteiger partial charge < -0.3 is 4.90 Å². The number of rotatable bonds is 4. The fourth-order valence-electron chi connectivity index (χ4n) is 2.98. The first kappa shape index (κ1) is 18.7. The van der Waals surface area contributed by atoms with Gasteiger partial charge in [0.1, 0.15) is 0 Å². The van der Waals surface area contributed by atoms with E-state index in [-0.39, 0.29) is 36.8 Å². The molecule has 8 heteroatoms. The van der Waals surface area contributed by atoms with Crippen molar-refractivity contribution in [2.75, 3.05) is 31.1 Å². The SMILES string of the molecule is CCc1ccc(S(=O)(=O)N2CCN(c3ccc(F)c(F)c3F)CC2)cc1. The van der Waals surface area contributed by atoms with E-state index < -0.39 is 27.5 Å². The summed E-state index contributed by atoms with van der Waals surface area (Å²) in [5, 5.41) is 0. The Labute approximate surface area is 150 Å². The van der Waals surface area contributed by atoms with Crippen LogP contribution in [0.5, 0.6) is 0 Å². The number of anilines is 1. The second-order valence-corrected chi connectivity index (χ2v) is 8.02. The zero-order valence-electron chi connectivity index (χ0n) is 14.3. The normalized spacial score (nSPS) is 16.1.